The van der Waals surface area contributed by atoms with Crippen LogP contribution in [0, 0.1) is 11.2 Å². The molecule has 0 aliphatic rings. The molecule has 146 valence electrons. The minimum atomic E-state index is -0.451. The van der Waals surface area contributed by atoms with Crippen molar-refractivity contribution in [1.82, 2.24) is 9.97 Å². The maximum atomic E-state index is 14.7. The van der Waals surface area contributed by atoms with Crippen LogP contribution in [0.4, 0.5) is 10.2 Å². The molecule has 2 aromatic heterocycles. The Morgan fingerprint density at radius 2 is 1.71 bits per heavy atom. The highest BCUT2D eigenvalue weighted by molar-refractivity contribution is 6.37. The first kappa shape index (κ1) is 20.6. The van der Waals surface area contributed by atoms with Crippen molar-refractivity contribution in [2.75, 3.05) is 5.32 Å². The van der Waals surface area contributed by atoms with E-state index in [1.807, 2.05) is 18.2 Å². The van der Waals surface area contributed by atoms with Crippen molar-refractivity contribution < 1.29 is 4.39 Å². The third-order valence-corrected chi connectivity index (χ3v) is 5.38. The van der Waals surface area contributed by atoms with E-state index in [2.05, 4.69) is 38.0 Å². The Morgan fingerprint density at radius 1 is 0.964 bits per heavy atom. The van der Waals surface area contributed by atoms with Crippen LogP contribution in [0.15, 0.2) is 48.7 Å². The van der Waals surface area contributed by atoms with E-state index in [4.69, 9.17) is 28.2 Å². The van der Waals surface area contributed by atoms with Crippen LogP contribution >= 0.6 is 23.2 Å². The van der Waals surface area contributed by atoms with E-state index in [-0.39, 0.29) is 22.0 Å². The molecule has 0 fully saturated rings. The molecule has 1 atom stereocenters. The quantitative estimate of drug-likeness (QED) is 0.491. The van der Waals surface area contributed by atoms with Crippen molar-refractivity contribution in [1.29, 1.82) is 0 Å². The van der Waals surface area contributed by atoms with Crippen LogP contribution in [0.5, 0.6) is 0 Å². The molecular weight excluding hydrogens is 396 g/mol. The first-order chi connectivity index (χ1) is 13.2. The number of aromatic nitrogens is 2. The Morgan fingerprint density at radius 3 is 2.32 bits per heavy atom. The van der Waals surface area contributed by atoms with Gasteiger partial charge in [0.05, 0.1) is 21.4 Å². The van der Waals surface area contributed by atoms with E-state index >= 15 is 0 Å². The van der Waals surface area contributed by atoms with Crippen LogP contribution in [0.1, 0.15) is 27.7 Å². The summed E-state index contributed by atoms with van der Waals surface area (Å²) in [6, 6.07) is 11.9. The molecule has 0 aliphatic heterocycles. The summed E-state index contributed by atoms with van der Waals surface area (Å²) >= 11 is 13.0. The second-order valence-electron chi connectivity index (χ2n) is 7.76. The van der Waals surface area contributed by atoms with Crippen LogP contribution < -0.4 is 5.32 Å². The van der Waals surface area contributed by atoms with Gasteiger partial charge in [0.1, 0.15) is 11.6 Å². The van der Waals surface area contributed by atoms with E-state index in [0.29, 0.717) is 27.8 Å². The molecule has 0 saturated carbocycles. The monoisotopic (exact) mass is 417 g/mol. The summed E-state index contributed by atoms with van der Waals surface area (Å²) in [6.45, 7) is 8.40. The molecule has 28 heavy (non-hydrogen) atoms. The average molecular weight is 418 g/mol. The van der Waals surface area contributed by atoms with Gasteiger partial charge in [-0.3, -0.25) is 4.98 Å². The van der Waals surface area contributed by atoms with Crippen molar-refractivity contribution in [2.24, 2.45) is 5.41 Å². The molecule has 0 saturated heterocycles. The van der Waals surface area contributed by atoms with Crippen LogP contribution in [0.25, 0.3) is 22.5 Å². The highest BCUT2D eigenvalue weighted by atomic mass is 35.5. The zero-order valence-corrected chi connectivity index (χ0v) is 17.7. The van der Waals surface area contributed by atoms with Crippen molar-refractivity contribution in [2.45, 2.75) is 33.7 Å². The largest absolute Gasteiger partial charge is 0.367 e. The van der Waals surface area contributed by atoms with Gasteiger partial charge in [-0.1, -0.05) is 56.1 Å². The molecular formula is C22H22Cl2FN3. The Labute approximate surface area is 174 Å². The molecule has 2 heterocycles. The predicted molar refractivity (Wildman–Crippen MR) is 115 cm³/mol. The molecule has 1 N–H and O–H groups in total. The van der Waals surface area contributed by atoms with Crippen molar-refractivity contribution >= 4 is 29.0 Å². The summed E-state index contributed by atoms with van der Waals surface area (Å²) < 4.78 is 14.7. The molecule has 0 amide bonds. The Kier molecular flexibility index (Phi) is 5.92. The van der Waals surface area contributed by atoms with E-state index in [1.165, 1.54) is 6.07 Å². The summed E-state index contributed by atoms with van der Waals surface area (Å²) in [5, 5.41) is 4.04. The second kappa shape index (κ2) is 8.06. The number of hydrogen-bond donors (Lipinski definition) is 1. The molecule has 1 aromatic carbocycles. The van der Waals surface area contributed by atoms with E-state index in [1.54, 1.807) is 24.4 Å². The molecule has 1 unspecified atom stereocenters. The third-order valence-electron chi connectivity index (χ3n) is 4.76. The highest BCUT2D eigenvalue weighted by Gasteiger charge is 2.25. The van der Waals surface area contributed by atoms with Gasteiger partial charge in [-0.05, 0) is 42.7 Å². The zero-order chi connectivity index (χ0) is 20.5. The number of pyridine rings is 2. The van der Waals surface area contributed by atoms with E-state index in [0.717, 1.165) is 0 Å². The molecule has 3 nitrogen and oxygen atoms in total. The Bertz CT molecular complexity index is 965. The Balaban J connectivity index is 2.23. The summed E-state index contributed by atoms with van der Waals surface area (Å²) in [6.07, 6.45) is 1.69. The van der Waals surface area contributed by atoms with Gasteiger partial charge < -0.3 is 5.32 Å². The van der Waals surface area contributed by atoms with Gasteiger partial charge >= 0.3 is 0 Å². The normalized spacial score (nSPS) is 12.7. The third kappa shape index (κ3) is 4.29. The number of nitrogens with zero attached hydrogens (tertiary/aromatic N) is 2. The Hall–Kier alpha value is -2.17. The van der Waals surface area contributed by atoms with Gasteiger partial charge in [-0.2, -0.15) is 0 Å². The summed E-state index contributed by atoms with van der Waals surface area (Å²) in [7, 11) is 0. The fraction of sp³-hybridized carbons (Fsp3) is 0.273. The fourth-order valence-corrected chi connectivity index (χ4v) is 3.20. The summed E-state index contributed by atoms with van der Waals surface area (Å²) in [5.74, 6) is 0.0239. The number of benzene rings is 1. The lowest BCUT2D eigenvalue weighted by Gasteiger charge is -2.30. The number of hydrogen-bond acceptors (Lipinski definition) is 3. The fourth-order valence-electron chi connectivity index (χ4n) is 2.66. The minimum absolute atomic E-state index is 0.0411. The number of anilines is 1. The molecule has 6 heteroatoms. The maximum absolute atomic E-state index is 14.7. The standard InChI is InChI=1S/C22H22Cl2FN3/c1-13(22(2,3)4)27-21-20(19-14(23)8-7-9-16(19)25)15(24)12-18(28-21)17-10-5-6-11-26-17/h5-13H,1-4H3,(H,27,28). The minimum Gasteiger partial charge on any atom is -0.367 e. The van der Waals surface area contributed by atoms with Gasteiger partial charge in [0.2, 0.25) is 0 Å². The summed E-state index contributed by atoms with van der Waals surface area (Å²) in [5.41, 5.74) is 1.91. The lowest BCUT2D eigenvalue weighted by atomic mass is 9.88. The van der Waals surface area contributed by atoms with Crippen LogP contribution in [-0.4, -0.2) is 16.0 Å². The van der Waals surface area contributed by atoms with Gasteiger partial charge in [0.25, 0.3) is 0 Å². The summed E-state index contributed by atoms with van der Waals surface area (Å²) in [4.78, 5) is 9.08. The molecule has 0 bridgehead atoms. The lowest BCUT2D eigenvalue weighted by molar-refractivity contribution is 0.359. The smallest absolute Gasteiger partial charge is 0.136 e. The topological polar surface area (TPSA) is 37.8 Å². The number of nitrogens with one attached hydrogen (secondary N) is 1. The molecule has 3 rings (SSSR count). The van der Waals surface area contributed by atoms with Gasteiger partial charge in [0, 0.05) is 23.4 Å². The van der Waals surface area contributed by atoms with Gasteiger partial charge in [0.15, 0.2) is 0 Å². The predicted octanol–water partition coefficient (Wildman–Crippen LogP) is 7.10. The molecule has 0 spiro atoms. The van der Waals surface area contributed by atoms with Crippen LogP contribution in [0.2, 0.25) is 10.0 Å². The maximum Gasteiger partial charge on any atom is 0.136 e. The van der Waals surface area contributed by atoms with Crippen LogP contribution in [-0.2, 0) is 0 Å². The van der Waals surface area contributed by atoms with Crippen molar-refractivity contribution in [3.05, 3.63) is 64.5 Å². The van der Waals surface area contributed by atoms with Gasteiger partial charge in [-0.25, -0.2) is 9.37 Å². The number of rotatable bonds is 4. The SMILES string of the molecule is CC(Nc1nc(-c2ccccn2)cc(Cl)c1-c1c(F)cccc1Cl)C(C)(C)C. The second-order valence-corrected chi connectivity index (χ2v) is 8.57. The van der Waals surface area contributed by atoms with Crippen LogP contribution in [0.3, 0.4) is 0 Å². The van der Waals surface area contributed by atoms with Crippen molar-refractivity contribution in [3.8, 4) is 22.5 Å². The molecule has 0 aliphatic carbocycles. The van der Waals surface area contributed by atoms with Gasteiger partial charge in [-0.15, -0.1) is 0 Å². The molecule has 3 aromatic rings. The molecule has 0 radical (unpaired) electrons. The van der Waals surface area contributed by atoms with Crippen molar-refractivity contribution in [3.63, 3.8) is 0 Å². The number of halogens is 3. The average Bonchev–Trinajstić information content (AvgIpc) is 2.63. The first-order valence-corrected chi connectivity index (χ1v) is 9.77. The highest BCUT2D eigenvalue weighted by Crippen LogP contribution is 2.42. The van der Waals surface area contributed by atoms with E-state index in [9.17, 15) is 4.39 Å². The zero-order valence-electron chi connectivity index (χ0n) is 16.2. The van der Waals surface area contributed by atoms with E-state index < -0.39 is 5.82 Å². The lowest BCUT2D eigenvalue weighted by Crippen LogP contribution is -2.31. The first-order valence-electron chi connectivity index (χ1n) is 9.01.